The van der Waals surface area contributed by atoms with Gasteiger partial charge in [0.05, 0.1) is 0 Å². The second-order valence-corrected chi connectivity index (χ2v) is 19.8. The van der Waals surface area contributed by atoms with E-state index in [0.29, 0.717) is 19.3 Å². The van der Waals surface area contributed by atoms with Gasteiger partial charge in [-0.2, -0.15) is 0 Å². The molecule has 0 rings (SSSR count). The van der Waals surface area contributed by atoms with Crippen LogP contribution in [0, 0.1) is 11.8 Å². The van der Waals surface area contributed by atoms with E-state index >= 15 is 0 Å². The van der Waals surface area contributed by atoms with Gasteiger partial charge in [0, 0.05) is 19.3 Å². The topological polar surface area (TPSA) is 78.9 Å². The lowest BCUT2D eigenvalue weighted by Gasteiger charge is -2.18. The minimum absolute atomic E-state index is 0.0635. The molecule has 0 saturated heterocycles. The lowest BCUT2D eigenvalue weighted by molar-refractivity contribution is -0.167. The van der Waals surface area contributed by atoms with Gasteiger partial charge in [0.2, 0.25) is 0 Å². The van der Waals surface area contributed by atoms with Crippen LogP contribution in [0.4, 0.5) is 0 Å². The molecule has 0 bridgehead atoms. The zero-order valence-electron chi connectivity index (χ0n) is 41.8. The van der Waals surface area contributed by atoms with Crippen molar-refractivity contribution in [2.45, 2.75) is 310 Å². The number of hydrogen-bond donors (Lipinski definition) is 0. The highest BCUT2D eigenvalue weighted by atomic mass is 16.6. The molecule has 362 valence electrons. The first-order valence-electron chi connectivity index (χ1n) is 27.2. The van der Waals surface area contributed by atoms with Crippen molar-refractivity contribution in [2.24, 2.45) is 11.8 Å². The molecule has 0 aromatic heterocycles. The Morgan fingerprint density at radius 3 is 0.803 bits per heavy atom. The number of hydrogen-bond acceptors (Lipinski definition) is 6. The van der Waals surface area contributed by atoms with Gasteiger partial charge in [0.25, 0.3) is 0 Å². The smallest absolute Gasteiger partial charge is 0.306 e. The normalized spacial score (nSPS) is 12.0. The molecule has 0 aliphatic carbocycles. The van der Waals surface area contributed by atoms with E-state index in [0.717, 1.165) is 69.6 Å². The highest BCUT2D eigenvalue weighted by Gasteiger charge is 2.19. The molecule has 0 aromatic carbocycles. The summed E-state index contributed by atoms with van der Waals surface area (Å²) < 4.78 is 16.8. The van der Waals surface area contributed by atoms with Gasteiger partial charge < -0.3 is 14.2 Å². The lowest BCUT2D eigenvalue weighted by atomic mass is 10.0. The molecule has 0 fully saturated rings. The van der Waals surface area contributed by atoms with Gasteiger partial charge in [-0.3, -0.25) is 14.4 Å². The number of carbonyl (C=O) groups is 3. The molecule has 0 amide bonds. The molecular formula is C55H106O6. The van der Waals surface area contributed by atoms with E-state index in [4.69, 9.17) is 14.2 Å². The van der Waals surface area contributed by atoms with Crippen LogP contribution in [0.5, 0.6) is 0 Å². The van der Waals surface area contributed by atoms with Crippen LogP contribution in [-0.4, -0.2) is 37.2 Å². The fraction of sp³-hybridized carbons (Fsp3) is 0.945. The number of esters is 3. The van der Waals surface area contributed by atoms with Crippen molar-refractivity contribution in [3.8, 4) is 0 Å². The molecule has 61 heavy (non-hydrogen) atoms. The minimum atomic E-state index is -0.761. The fourth-order valence-electron chi connectivity index (χ4n) is 8.34. The quantitative estimate of drug-likeness (QED) is 0.0344. The highest BCUT2D eigenvalue weighted by molar-refractivity contribution is 5.71. The number of ether oxygens (including phenoxy) is 3. The molecule has 0 N–H and O–H groups in total. The maximum Gasteiger partial charge on any atom is 0.306 e. The molecule has 0 spiro atoms. The summed E-state index contributed by atoms with van der Waals surface area (Å²) >= 11 is 0. The monoisotopic (exact) mass is 863 g/mol. The van der Waals surface area contributed by atoms with Crippen LogP contribution >= 0.6 is 0 Å². The molecule has 0 heterocycles. The van der Waals surface area contributed by atoms with Crippen molar-refractivity contribution in [3.05, 3.63) is 0 Å². The Balaban J connectivity index is 4.19. The van der Waals surface area contributed by atoms with Crippen LogP contribution < -0.4 is 0 Å². The molecule has 1 atom stereocenters. The molecule has 0 aliphatic heterocycles. The van der Waals surface area contributed by atoms with E-state index in [-0.39, 0.29) is 31.1 Å². The Bertz CT molecular complexity index is 931. The van der Waals surface area contributed by atoms with Gasteiger partial charge >= 0.3 is 17.9 Å². The predicted molar refractivity (Wildman–Crippen MR) is 261 cm³/mol. The summed E-state index contributed by atoms with van der Waals surface area (Å²) in [4.78, 5) is 37.9. The van der Waals surface area contributed by atoms with Gasteiger partial charge in [-0.15, -0.1) is 0 Å². The molecule has 0 aromatic rings. The van der Waals surface area contributed by atoms with Crippen molar-refractivity contribution in [1.82, 2.24) is 0 Å². The molecule has 0 aliphatic rings. The Morgan fingerprint density at radius 2 is 0.541 bits per heavy atom. The van der Waals surface area contributed by atoms with Gasteiger partial charge in [0.1, 0.15) is 13.2 Å². The first kappa shape index (κ1) is 59.4. The second kappa shape index (κ2) is 47.9. The summed E-state index contributed by atoms with van der Waals surface area (Å²) in [5.74, 6) is 0.817. The third kappa shape index (κ3) is 49.3. The van der Waals surface area contributed by atoms with E-state index < -0.39 is 6.10 Å². The number of unbranched alkanes of at least 4 members (excludes halogenated alkanes) is 34. The van der Waals surface area contributed by atoms with Crippen molar-refractivity contribution in [3.63, 3.8) is 0 Å². The average Bonchev–Trinajstić information content (AvgIpc) is 3.23. The summed E-state index contributed by atoms with van der Waals surface area (Å²) in [6, 6.07) is 0. The largest absolute Gasteiger partial charge is 0.462 e. The van der Waals surface area contributed by atoms with Crippen molar-refractivity contribution >= 4 is 17.9 Å². The first-order valence-corrected chi connectivity index (χ1v) is 27.2. The van der Waals surface area contributed by atoms with Crippen molar-refractivity contribution in [2.75, 3.05) is 13.2 Å². The third-order valence-corrected chi connectivity index (χ3v) is 12.5. The zero-order valence-corrected chi connectivity index (χ0v) is 41.8. The van der Waals surface area contributed by atoms with Crippen molar-refractivity contribution < 1.29 is 28.6 Å². The maximum absolute atomic E-state index is 12.8. The molecule has 0 saturated carbocycles. The van der Waals surface area contributed by atoms with E-state index in [1.54, 1.807) is 0 Å². The summed E-state index contributed by atoms with van der Waals surface area (Å²) in [6.45, 7) is 11.4. The van der Waals surface area contributed by atoms with E-state index in [9.17, 15) is 14.4 Å². The third-order valence-electron chi connectivity index (χ3n) is 12.5. The van der Waals surface area contributed by atoms with E-state index in [1.165, 1.54) is 193 Å². The van der Waals surface area contributed by atoms with Gasteiger partial charge in [-0.05, 0) is 31.1 Å². The molecular weight excluding hydrogens is 757 g/mol. The Labute approximate surface area is 380 Å². The molecule has 0 radical (unpaired) electrons. The zero-order chi connectivity index (χ0) is 44.7. The van der Waals surface area contributed by atoms with Crippen molar-refractivity contribution in [1.29, 1.82) is 0 Å². The van der Waals surface area contributed by atoms with Crippen LogP contribution in [0.2, 0.25) is 0 Å². The Morgan fingerprint density at radius 1 is 0.311 bits per heavy atom. The Kier molecular flexibility index (Phi) is 46.6. The van der Waals surface area contributed by atoms with Gasteiger partial charge in [0.15, 0.2) is 6.10 Å². The number of rotatable bonds is 49. The highest BCUT2D eigenvalue weighted by Crippen LogP contribution is 2.18. The minimum Gasteiger partial charge on any atom is -0.462 e. The average molecular weight is 863 g/mol. The fourth-order valence-corrected chi connectivity index (χ4v) is 8.34. The maximum atomic E-state index is 12.8. The van der Waals surface area contributed by atoms with E-state index in [2.05, 4.69) is 34.6 Å². The second-order valence-electron chi connectivity index (χ2n) is 19.8. The van der Waals surface area contributed by atoms with E-state index in [1.807, 2.05) is 0 Å². The van der Waals surface area contributed by atoms with Gasteiger partial charge in [-0.25, -0.2) is 0 Å². The summed E-state index contributed by atoms with van der Waals surface area (Å²) in [7, 11) is 0. The number of carbonyl (C=O) groups excluding carboxylic acids is 3. The van der Waals surface area contributed by atoms with Crippen LogP contribution in [0.3, 0.4) is 0 Å². The Hall–Kier alpha value is -1.59. The van der Waals surface area contributed by atoms with Crippen LogP contribution in [0.25, 0.3) is 0 Å². The molecule has 6 heteroatoms. The summed E-state index contributed by atoms with van der Waals surface area (Å²) in [6.07, 6.45) is 49.6. The lowest BCUT2D eigenvalue weighted by Crippen LogP contribution is -2.30. The van der Waals surface area contributed by atoms with Crippen LogP contribution in [-0.2, 0) is 28.6 Å². The molecule has 6 nitrogen and oxygen atoms in total. The molecule has 0 unspecified atom stereocenters. The first-order chi connectivity index (χ1) is 29.7. The SMILES string of the molecule is CCCCCCCCCCCCC(=O)OC[C@@H](COC(=O)CCCCCCCCCCCCCCCCCCCCC(C)C)OC(=O)CCCCCCCCCCCC(C)C. The van der Waals surface area contributed by atoms with Crippen LogP contribution in [0.1, 0.15) is 304 Å². The summed E-state index contributed by atoms with van der Waals surface area (Å²) in [5, 5.41) is 0. The predicted octanol–water partition coefficient (Wildman–Crippen LogP) is 17.7. The van der Waals surface area contributed by atoms with Crippen LogP contribution in [0.15, 0.2) is 0 Å². The summed E-state index contributed by atoms with van der Waals surface area (Å²) in [5.41, 5.74) is 0. The standard InChI is InChI=1S/C55H106O6/c1-6-7-8-9-10-11-25-30-35-40-45-53(56)59-48-52(61-55(58)47-42-37-32-27-22-24-29-34-39-44-51(4)5)49-60-54(57)46-41-36-31-26-21-19-17-15-13-12-14-16-18-20-23-28-33-38-43-50(2)3/h50-52H,6-49H2,1-5H3/t52-/m0/s1. The van der Waals surface area contributed by atoms with Gasteiger partial charge in [-0.1, -0.05) is 266 Å².